The first-order valence-corrected chi connectivity index (χ1v) is 9.39. The van der Waals surface area contributed by atoms with Crippen LogP contribution in [0.25, 0.3) is 0 Å². The van der Waals surface area contributed by atoms with Gasteiger partial charge in [-0.2, -0.15) is 8.78 Å². The molecule has 2 aromatic rings. The molecule has 10 heteroatoms. The minimum absolute atomic E-state index is 0.162. The van der Waals surface area contributed by atoms with Crippen LogP contribution in [0.1, 0.15) is 46.1 Å². The summed E-state index contributed by atoms with van der Waals surface area (Å²) in [7, 11) is 0. The molecule has 0 spiro atoms. The van der Waals surface area contributed by atoms with Crippen LogP contribution in [0.4, 0.5) is 26.1 Å². The lowest BCUT2D eigenvalue weighted by molar-refractivity contribution is -0.114. The highest BCUT2D eigenvalue weighted by atomic mass is 19.3. The fourth-order valence-electron chi connectivity index (χ4n) is 2.37. The fraction of sp³-hybridized carbons (Fsp3) is 0.500. The molecule has 30 heavy (non-hydrogen) atoms. The number of amides is 1. The molecule has 0 aromatic carbocycles. The Morgan fingerprint density at radius 3 is 2.40 bits per heavy atom. The van der Waals surface area contributed by atoms with Gasteiger partial charge in [-0.3, -0.25) is 4.79 Å². The molecule has 1 amide bonds. The summed E-state index contributed by atoms with van der Waals surface area (Å²) in [5.41, 5.74) is 0.465. The molecule has 0 radical (unpaired) electrons. The van der Waals surface area contributed by atoms with E-state index < -0.39 is 11.7 Å². The first kappa shape index (κ1) is 23.4. The summed E-state index contributed by atoms with van der Waals surface area (Å²) in [6.07, 6.45) is 1.42. The lowest BCUT2D eigenvalue weighted by Crippen LogP contribution is -2.22. The van der Waals surface area contributed by atoms with Gasteiger partial charge in [-0.15, -0.1) is 0 Å². The van der Waals surface area contributed by atoms with Gasteiger partial charge in [-0.25, -0.2) is 15.0 Å². The molecule has 0 unspecified atom stereocenters. The second kappa shape index (κ2) is 9.29. The quantitative estimate of drug-likeness (QED) is 0.615. The van der Waals surface area contributed by atoms with Gasteiger partial charge in [0.15, 0.2) is 5.75 Å². The smallest absolute Gasteiger partial charge is 0.303 e. The largest absolute Gasteiger partial charge is 0.487 e. The van der Waals surface area contributed by atoms with Gasteiger partial charge in [0.25, 0.3) is 0 Å². The second-order valence-electron chi connectivity index (χ2n) is 7.79. The average molecular weight is 423 g/mol. The molecule has 164 valence electrons. The number of rotatable bonds is 8. The van der Waals surface area contributed by atoms with Crippen molar-refractivity contribution < 1.29 is 23.0 Å². The van der Waals surface area contributed by atoms with Crippen molar-refractivity contribution in [2.24, 2.45) is 0 Å². The molecule has 0 saturated carbocycles. The predicted molar refractivity (Wildman–Crippen MR) is 109 cm³/mol. The Labute approximate surface area is 174 Å². The number of pyridine rings is 1. The number of hydrogen-bond donors (Lipinski definition) is 2. The summed E-state index contributed by atoms with van der Waals surface area (Å²) in [5, 5.41) is 5.52. The van der Waals surface area contributed by atoms with Crippen molar-refractivity contribution in [3.8, 4) is 5.75 Å². The molecule has 0 bridgehead atoms. The Hall–Kier alpha value is -2.88. The summed E-state index contributed by atoms with van der Waals surface area (Å²) < 4.78 is 38.8. The van der Waals surface area contributed by atoms with Crippen LogP contribution in [0, 0.1) is 6.92 Å². The van der Waals surface area contributed by atoms with E-state index in [1.54, 1.807) is 6.92 Å². The maximum absolute atomic E-state index is 13.7. The predicted octanol–water partition coefficient (Wildman–Crippen LogP) is 4.19. The molecule has 2 aromatic heterocycles. The third-order valence-electron chi connectivity index (χ3n) is 3.56. The molecular weight excluding hydrogens is 396 g/mol. The number of carbonyl (C=O) groups is 1. The number of alkyl halides is 2. The van der Waals surface area contributed by atoms with Gasteiger partial charge in [0, 0.05) is 31.7 Å². The Morgan fingerprint density at radius 2 is 1.80 bits per heavy atom. The van der Waals surface area contributed by atoms with Gasteiger partial charge in [-0.1, -0.05) is 0 Å². The Kier molecular flexibility index (Phi) is 7.25. The molecule has 2 heterocycles. The normalized spacial score (nSPS) is 11.9. The van der Waals surface area contributed by atoms with Crippen LogP contribution in [0.5, 0.6) is 5.75 Å². The minimum atomic E-state index is -3.19. The number of carbonyl (C=O) groups excluding carboxylic acids is 1. The lowest BCUT2D eigenvalue weighted by Gasteiger charge is -2.20. The topological polar surface area (TPSA) is 98.3 Å². The number of aryl methyl sites for hydroxylation is 1. The number of nitrogens with zero attached hydrogens (tertiary/aromatic N) is 3. The molecule has 0 aliphatic rings. The molecule has 0 aliphatic heterocycles. The van der Waals surface area contributed by atoms with Crippen molar-refractivity contribution in [2.45, 2.75) is 53.1 Å². The highest BCUT2D eigenvalue weighted by Gasteiger charge is 2.29. The second-order valence-corrected chi connectivity index (χ2v) is 7.79. The van der Waals surface area contributed by atoms with E-state index in [0.717, 1.165) is 6.92 Å². The summed E-state index contributed by atoms with van der Waals surface area (Å²) in [6.45, 7) is 10.1. The molecule has 0 aliphatic carbocycles. The standard InChI is InChI=1S/C20H27F2N5O3/c1-12-9-17(27-18(24-12)20(6,21)22)26-14-10-16(25-13(2)28)23-11-15(14)29-7-8-30-19(3,4)5/h9-11H,7-8H2,1-6H3,(H2,23,24,25,26,27,28). The molecular formula is C20H27F2N5O3. The number of halogens is 2. The summed E-state index contributed by atoms with van der Waals surface area (Å²) in [4.78, 5) is 23.2. The van der Waals surface area contributed by atoms with Crippen molar-refractivity contribution in [3.63, 3.8) is 0 Å². The molecule has 0 atom stereocenters. The van der Waals surface area contributed by atoms with Gasteiger partial charge in [0.1, 0.15) is 18.2 Å². The van der Waals surface area contributed by atoms with Gasteiger partial charge in [0.2, 0.25) is 11.7 Å². The zero-order valence-electron chi connectivity index (χ0n) is 18.0. The average Bonchev–Trinajstić information content (AvgIpc) is 2.57. The van der Waals surface area contributed by atoms with Crippen LogP contribution in [-0.4, -0.2) is 39.7 Å². The van der Waals surface area contributed by atoms with Crippen molar-refractivity contribution >= 4 is 23.2 Å². The first-order valence-electron chi connectivity index (χ1n) is 9.39. The van der Waals surface area contributed by atoms with Crippen molar-refractivity contribution in [1.82, 2.24) is 15.0 Å². The zero-order valence-corrected chi connectivity index (χ0v) is 18.0. The Balaban J connectivity index is 2.29. The molecule has 2 rings (SSSR count). The van der Waals surface area contributed by atoms with Crippen molar-refractivity contribution in [2.75, 3.05) is 23.8 Å². The Morgan fingerprint density at radius 1 is 1.10 bits per heavy atom. The monoisotopic (exact) mass is 423 g/mol. The molecule has 0 saturated heterocycles. The van der Waals surface area contributed by atoms with E-state index in [0.29, 0.717) is 23.7 Å². The van der Waals surface area contributed by atoms with Gasteiger partial charge >= 0.3 is 5.92 Å². The van der Waals surface area contributed by atoms with E-state index in [9.17, 15) is 13.6 Å². The fourth-order valence-corrected chi connectivity index (χ4v) is 2.37. The van der Waals surface area contributed by atoms with Crippen LogP contribution in [-0.2, 0) is 15.5 Å². The van der Waals surface area contributed by atoms with Gasteiger partial charge < -0.3 is 20.1 Å². The third-order valence-corrected chi connectivity index (χ3v) is 3.56. The van der Waals surface area contributed by atoms with Crippen molar-refractivity contribution in [3.05, 3.63) is 29.8 Å². The maximum atomic E-state index is 13.7. The number of hydrogen-bond acceptors (Lipinski definition) is 7. The van der Waals surface area contributed by atoms with Crippen LogP contribution < -0.4 is 15.4 Å². The zero-order chi connectivity index (χ0) is 22.5. The number of ether oxygens (including phenoxy) is 2. The summed E-state index contributed by atoms with van der Waals surface area (Å²) in [6, 6.07) is 3.06. The molecule has 0 fully saturated rings. The first-order chi connectivity index (χ1) is 13.8. The number of anilines is 3. The van der Waals surface area contributed by atoms with Gasteiger partial charge in [0.05, 0.1) is 24.1 Å². The van der Waals surface area contributed by atoms with Crippen LogP contribution in [0.15, 0.2) is 18.3 Å². The molecule has 8 nitrogen and oxygen atoms in total. The van der Waals surface area contributed by atoms with Crippen LogP contribution in [0.2, 0.25) is 0 Å². The van der Waals surface area contributed by atoms with E-state index in [4.69, 9.17) is 9.47 Å². The van der Waals surface area contributed by atoms with E-state index in [1.165, 1.54) is 25.3 Å². The summed E-state index contributed by atoms with van der Waals surface area (Å²) >= 11 is 0. The Bertz CT molecular complexity index is 895. The van der Waals surface area contributed by atoms with Crippen LogP contribution >= 0.6 is 0 Å². The summed E-state index contributed by atoms with van der Waals surface area (Å²) in [5.74, 6) is -3.30. The van der Waals surface area contributed by atoms with Gasteiger partial charge in [-0.05, 0) is 27.7 Å². The third kappa shape index (κ3) is 7.51. The maximum Gasteiger partial charge on any atom is 0.303 e. The van der Waals surface area contributed by atoms with Crippen molar-refractivity contribution in [1.29, 1.82) is 0 Å². The number of aromatic nitrogens is 3. The highest BCUT2D eigenvalue weighted by Crippen LogP contribution is 2.31. The van der Waals surface area contributed by atoms with Crippen LogP contribution in [0.3, 0.4) is 0 Å². The lowest BCUT2D eigenvalue weighted by atomic mass is 10.2. The highest BCUT2D eigenvalue weighted by molar-refractivity contribution is 5.88. The number of nitrogens with one attached hydrogen (secondary N) is 2. The van der Waals surface area contributed by atoms with E-state index >= 15 is 0 Å². The van der Waals surface area contributed by atoms with E-state index in [2.05, 4.69) is 25.6 Å². The van der Waals surface area contributed by atoms with E-state index in [-0.39, 0.29) is 29.8 Å². The minimum Gasteiger partial charge on any atom is -0.487 e. The SMILES string of the molecule is CC(=O)Nc1cc(Nc2cc(C)nc(C(C)(F)F)n2)c(OCCOC(C)(C)C)cn1. The van der Waals surface area contributed by atoms with E-state index in [1.807, 2.05) is 20.8 Å². The molecule has 2 N–H and O–H groups in total.